The van der Waals surface area contributed by atoms with Gasteiger partial charge in [0.15, 0.2) is 5.67 Å². The van der Waals surface area contributed by atoms with Gasteiger partial charge >= 0.3 is 0 Å². The molecule has 2 aromatic carbocycles. The molecule has 0 bridgehead atoms. The van der Waals surface area contributed by atoms with Crippen molar-refractivity contribution in [3.05, 3.63) is 71.3 Å². The lowest BCUT2D eigenvalue weighted by Gasteiger charge is -2.17. The summed E-state index contributed by atoms with van der Waals surface area (Å²) in [5.74, 6) is -0.373. The third-order valence-corrected chi connectivity index (χ3v) is 3.47. The smallest absolute Gasteiger partial charge is 0.200 e. The number of Topliss-reactive ketones (excluding diaryl/α,β-unsaturated/α-hetero) is 1. The van der Waals surface area contributed by atoms with Crippen molar-refractivity contribution in [3.63, 3.8) is 0 Å². The average molecular weight is 240 g/mol. The Bertz CT molecular complexity index is 591. The first-order chi connectivity index (χ1) is 8.69. The van der Waals surface area contributed by atoms with Gasteiger partial charge in [0.25, 0.3) is 0 Å². The first-order valence-electron chi connectivity index (χ1n) is 6.05. The highest BCUT2D eigenvalue weighted by Gasteiger charge is 2.45. The predicted molar refractivity (Wildman–Crippen MR) is 68.5 cm³/mol. The van der Waals surface area contributed by atoms with E-state index in [4.69, 9.17) is 0 Å². The van der Waals surface area contributed by atoms with Crippen molar-refractivity contribution in [2.45, 2.75) is 18.5 Å². The second kappa shape index (κ2) is 4.05. The van der Waals surface area contributed by atoms with Gasteiger partial charge < -0.3 is 0 Å². The standard InChI is InChI=1S/C16H13FO/c17-16(10-12-6-2-1-3-7-12)11-13-8-4-5-9-14(13)15(16)18/h1-9H,10-11H2/t16-/m1/s1. The highest BCUT2D eigenvalue weighted by molar-refractivity contribution is 6.07. The number of hydrogen-bond donors (Lipinski definition) is 0. The maximum atomic E-state index is 14.8. The molecule has 0 fully saturated rings. The highest BCUT2D eigenvalue weighted by atomic mass is 19.1. The largest absolute Gasteiger partial charge is 0.291 e. The maximum absolute atomic E-state index is 14.8. The fourth-order valence-corrected chi connectivity index (χ4v) is 2.58. The van der Waals surface area contributed by atoms with E-state index in [2.05, 4.69) is 0 Å². The number of alkyl halides is 1. The molecule has 0 unspecified atom stereocenters. The normalized spacial score (nSPS) is 21.9. The molecule has 1 atom stereocenters. The monoisotopic (exact) mass is 240 g/mol. The number of ketones is 1. The lowest BCUT2D eigenvalue weighted by molar-refractivity contribution is 0.0720. The molecule has 1 aliphatic rings. The molecule has 0 amide bonds. The van der Waals surface area contributed by atoms with E-state index in [0.29, 0.717) is 5.56 Å². The summed E-state index contributed by atoms with van der Waals surface area (Å²) in [6.45, 7) is 0. The van der Waals surface area contributed by atoms with E-state index in [-0.39, 0.29) is 18.6 Å². The Balaban J connectivity index is 1.93. The second-order valence-electron chi connectivity index (χ2n) is 4.79. The van der Waals surface area contributed by atoms with Crippen molar-refractivity contribution in [1.29, 1.82) is 0 Å². The van der Waals surface area contributed by atoms with E-state index in [9.17, 15) is 9.18 Å². The van der Waals surface area contributed by atoms with Crippen LogP contribution in [0.4, 0.5) is 4.39 Å². The topological polar surface area (TPSA) is 17.1 Å². The first-order valence-corrected chi connectivity index (χ1v) is 6.05. The molecule has 0 heterocycles. The van der Waals surface area contributed by atoms with Gasteiger partial charge in [-0.05, 0) is 11.1 Å². The van der Waals surface area contributed by atoms with Crippen LogP contribution in [0.3, 0.4) is 0 Å². The van der Waals surface area contributed by atoms with Gasteiger partial charge in [-0.25, -0.2) is 4.39 Å². The molecule has 2 aromatic rings. The quantitative estimate of drug-likeness (QED) is 0.786. The Morgan fingerprint density at radius 1 is 1.00 bits per heavy atom. The van der Waals surface area contributed by atoms with Crippen LogP contribution in [-0.4, -0.2) is 11.5 Å². The Morgan fingerprint density at radius 2 is 1.67 bits per heavy atom. The van der Waals surface area contributed by atoms with E-state index >= 15 is 0 Å². The Kier molecular flexibility index (Phi) is 2.51. The van der Waals surface area contributed by atoms with Gasteiger partial charge in [-0.1, -0.05) is 54.6 Å². The van der Waals surface area contributed by atoms with Gasteiger partial charge in [0.2, 0.25) is 5.78 Å². The van der Waals surface area contributed by atoms with Crippen LogP contribution in [0, 0.1) is 0 Å². The van der Waals surface area contributed by atoms with Crippen molar-refractivity contribution < 1.29 is 9.18 Å². The van der Waals surface area contributed by atoms with Gasteiger partial charge in [-0.15, -0.1) is 0 Å². The van der Waals surface area contributed by atoms with Crippen LogP contribution < -0.4 is 0 Å². The van der Waals surface area contributed by atoms with Gasteiger partial charge in [-0.3, -0.25) is 4.79 Å². The van der Waals surface area contributed by atoms with E-state index in [1.165, 1.54) is 0 Å². The molecule has 1 nitrogen and oxygen atoms in total. The van der Waals surface area contributed by atoms with E-state index in [1.54, 1.807) is 12.1 Å². The van der Waals surface area contributed by atoms with E-state index < -0.39 is 5.67 Å². The molecule has 0 radical (unpaired) electrons. The minimum Gasteiger partial charge on any atom is -0.291 e. The Labute approximate surface area is 105 Å². The zero-order chi connectivity index (χ0) is 12.6. The van der Waals surface area contributed by atoms with Crippen LogP contribution in [0.25, 0.3) is 0 Å². The number of benzene rings is 2. The van der Waals surface area contributed by atoms with Crippen molar-refractivity contribution >= 4 is 5.78 Å². The summed E-state index contributed by atoms with van der Waals surface area (Å²) in [7, 11) is 0. The third kappa shape index (κ3) is 1.74. The fourth-order valence-electron chi connectivity index (χ4n) is 2.58. The number of halogens is 1. The number of fused-ring (bicyclic) bond motifs is 1. The van der Waals surface area contributed by atoms with Crippen LogP contribution in [-0.2, 0) is 12.8 Å². The number of carbonyl (C=O) groups is 1. The van der Waals surface area contributed by atoms with Crippen LogP contribution in [0.1, 0.15) is 21.5 Å². The van der Waals surface area contributed by atoms with Gasteiger partial charge in [0, 0.05) is 18.4 Å². The fraction of sp³-hybridized carbons (Fsp3) is 0.188. The Morgan fingerprint density at radius 3 is 2.39 bits per heavy atom. The lowest BCUT2D eigenvalue weighted by atomic mass is 9.92. The minimum absolute atomic E-state index is 0.154. The molecular formula is C16H13FO. The number of hydrogen-bond acceptors (Lipinski definition) is 1. The zero-order valence-corrected chi connectivity index (χ0v) is 9.90. The SMILES string of the molecule is O=C1c2ccccc2C[C@]1(F)Cc1ccccc1. The second-order valence-corrected chi connectivity index (χ2v) is 4.79. The molecule has 0 spiro atoms. The lowest BCUT2D eigenvalue weighted by Crippen LogP contribution is -2.33. The van der Waals surface area contributed by atoms with Crippen LogP contribution in [0.15, 0.2) is 54.6 Å². The molecule has 2 heteroatoms. The molecular weight excluding hydrogens is 227 g/mol. The van der Waals surface area contributed by atoms with Crippen molar-refractivity contribution in [1.82, 2.24) is 0 Å². The molecule has 0 N–H and O–H groups in total. The summed E-state index contributed by atoms with van der Waals surface area (Å²) in [6.07, 6.45) is 0.345. The summed E-state index contributed by atoms with van der Waals surface area (Å²) >= 11 is 0. The van der Waals surface area contributed by atoms with Crippen LogP contribution in [0.2, 0.25) is 0 Å². The minimum atomic E-state index is -1.77. The third-order valence-electron chi connectivity index (χ3n) is 3.47. The summed E-state index contributed by atoms with van der Waals surface area (Å²) in [5.41, 5.74) is 0.448. The van der Waals surface area contributed by atoms with Gasteiger partial charge in [0.1, 0.15) is 0 Å². The van der Waals surface area contributed by atoms with Crippen LogP contribution >= 0.6 is 0 Å². The van der Waals surface area contributed by atoms with Gasteiger partial charge in [0.05, 0.1) is 0 Å². The van der Waals surface area contributed by atoms with Crippen molar-refractivity contribution in [2.24, 2.45) is 0 Å². The number of carbonyl (C=O) groups excluding carboxylic acids is 1. The van der Waals surface area contributed by atoms with Crippen molar-refractivity contribution in [2.75, 3.05) is 0 Å². The molecule has 90 valence electrons. The van der Waals surface area contributed by atoms with Crippen molar-refractivity contribution in [3.8, 4) is 0 Å². The molecule has 0 saturated heterocycles. The first kappa shape index (κ1) is 11.1. The highest BCUT2D eigenvalue weighted by Crippen LogP contribution is 2.35. The average Bonchev–Trinajstić information content (AvgIpc) is 2.63. The van der Waals surface area contributed by atoms with Crippen LogP contribution in [0.5, 0.6) is 0 Å². The summed E-state index contributed by atoms with van der Waals surface area (Å²) in [6, 6.07) is 16.5. The summed E-state index contributed by atoms with van der Waals surface area (Å²) in [4.78, 5) is 12.1. The predicted octanol–water partition coefficient (Wildman–Crippen LogP) is 3.38. The molecule has 0 saturated carbocycles. The summed E-state index contributed by atoms with van der Waals surface area (Å²) < 4.78 is 14.8. The number of rotatable bonds is 2. The Hall–Kier alpha value is -1.96. The molecule has 18 heavy (non-hydrogen) atoms. The van der Waals surface area contributed by atoms with E-state index in [0.717, 1.165) is 11.1 Å². The molecule has 3 rings (SSSR count). The van der Waals surface area contributed by atoms with Gasteiger partial charge in [-0.2, -0.15) is 0 Å². The molecule has 1 aliphatic carbocycles. The zero-order valence-electron chi connectivity index (χ0n) is 9.90. The van der Waals surface area contributed by atoms with E-state index in [1.807, 2.05) is 42.5 Å². The maximum Gasteiger partial charge on any atom is 0.200 e. The molecule has 0 aliphatic heterocycles. The summed E-state index contributed by atoms with van der Waals surface area (Å²) in [5, 5.41) is 0. The molecule has 0 aromatic heterocycles.